The van der Waals surface area contributed by atoms with Gasteiger partial charge in [0.25, 0.3) is 11.8 Å². The number of halogens is 1. The zero-order chi connectivity index (χ0) is 19.6. The molecule has 0 saturated carbocycles. The van der Waals surface area contributed by atoms with Crippen LogP contribution in [0.1, 0.15) is 28.8 Å². The van der Waals surface area contributed by atoms with Gasteiger partial charge in [0, 0.05) is 10.9 Å². The van der Waals surface area contributed by atoms with Crippen molar-refractivity contribution in [1.29, 1.82) is 0 Å². The largest absolute Gasteiger partial charge is 0.481 e. The van der Waals surface area contributed by atoms with Crippen LogP contribution in [0.15, 0.2) is 64.2 Å². The second kappa shape index (κ2) is 10.2. The predicted molar refractivity (Wildman–Crippen MR) is 104 cm³/mol. The summed E-state index contributed by atoms with van der Waals surface area (Å²) in [6, 6.07) is 15.8. The van der Waals surface area contributed by atoms with E-state index < -0.39 is 17.8 Å². The van der Waals surface area contributed by atoms with E-state index in [1.165, 1.54) is 0 Å². The number of carbonyl (C=O) groups is 3. The minimum atomic E-state index is -0.953. The second-order valence-corrected chi connectivity index (χ2v) is 6.37. The number of carboxylic acids is 1. The van der Waals surface area contributed by atoms with Gasteiger partial charge in [-0.1, -0.05) is 42.5 Å². The van der Waals surface area contributed by atoms with E-state index in [1.54, 1.807) is 48.5 Å². The quantitative estimate of drug-likeness (QED) is 0.440. The Bertz CT molecular complexity index is 853. The number of nitrogens with zero attached hydrogens (tertiary/aromatic N) is 1. The van der Waals surface area contributed by atoms with Crippen LogP contribution < -0.4 is 10.7 Å². The maximum Gasteiger partial charge on any atom is 0.303 e. The highest BCUT2D eigenvalue weighted by Gasteiger charge is 2.11. The van der Waals surface area contributed by atoms with Gasteiger partial charge in [-0.05, 0) is 33.6 Å². The number of benzene rings is 2. The topological polar surface area (TPSA) is 108 Å². The molecule has 2 aromatic carbocycles. The fourth-order valence-electron chi connectivity index (χ4n) is 2.19. The van der Waals surface area contributed by atoms with Gasteiger partial charge in [0.15, 0.2) is 0 Å². The molecule has 2 rings (SSSR count). The first kappa shape index (κ1) is 20.3. The summed E-state index contributed by atoms with van der Waals surface area (Å²) in [6.07, 6.45) is 0.0608. The van der Waals surface area contributed by atoms with Gasteiger partial charge in [-0.3, -0.25) is 14.4 Å². The fraction of sp³-hybridized carbons (Fsp3) is 0.158. The summed E-state index contributed by atoms with van der Waals surface area (Å²) in [7, 11) is 0. The van der Waals surface area contributed by atoms with Crippen molar-refractivity contribution in [2.75, 3.05) is 6.54 Å². The monoisotopic (exact) mass is 431 g/mol. The molecule has 140 valence electrons. The molecule has 7 nitrogen and oxygen atoms in total. The van der Waals surface area contributed by atoms with Crippen molar-refractivity contribution >= 4 is 39.4 Å². The molecular formula is C19H18BrN3O4. The Morgan fingerprint density at radius 3 is 2.30 bits per heavy atom. The molecule has 0 spiro atoms. The maximum absolute atomic E-state index is 12.1. The molecule has 0 aliphatic heterocycles. The number of aliphatic carboxylic acids is 1. The standard InChI is InChI=1S/C19H18BrN3O4/c20-15-9-5-4-8-14(15)19(27)21-12-17(24)23-22-16(10-11-18(25)26)13-6-2-1-3-7-13/h1-9H,10-12H2,(H,21,27)(H,23,24)(H,25,26). The maximum atomic E-state index is 12.1. The highest BCUT2D eigenvalue weighted by molar-refractivity contribution is 9.10. The third-order valence-corrected chi connectivity index (χ3v) is 4.22. The number of nitrogens with one attached hydrogen (secondary N) is 2. The van der Waals surface area contributed by atoms with Crippen molar-refractivity contribution < 1.29 is 19.5 Å². The molecule has 0 unspecified atom stereocenters. The molecule has 3 N–H and O–H groups in total. The lowest BCUT2D eigenvalue weighted by atomic mass is 10.1. The minimum absolute atomic E-state index is 0.109. The predicted octanol–water partition coefficient (Wildman–Crippen LogP) is 2.56. The summed E-state index contributed by atoms with van der Waals surface area (Å²) >= 11 is 3.28. The number of hydrazone groups is 1. The Hall–Kier alpha value is -3.00. The zero-order valence-electron chi connectivity index (χ0n) is 14.3. The summed E-state index contributed by atoms with van der Waals surface area (Å²) < 4.78 is 0.626. The van der Waals surface area contributed by atoms with E-state index in [2.05, 4.69) is 31.8 Å². The van der Waals surface area contributed by atoms with Crippen molar-refractivity contribution in [2.24, 2.45) is 5.10 Å². The molecule has 0 saturated heterocycles. The Morgan fingerprint density at radius 1 is 0.963 bits per heavy atom. The van der Waals surface area contributed by atoms with Crippen LogP contribution in [0.4, 0.5) is 0 Å². The van der Waals surface area contributed by atoms with Crippen molar-refractivity contribution in [3.05, 3.63) is 70.2 Å². The van der Waals surface area contributed by atoms with Gasteiger partial charge < -0.3 is 10.4 Å². The number of hydrogen-bond donors (Lipinski definition) is 3. The van der Waals surface area contributed by atoms with Gasteiger partial charge in [-0.15, -0.1) is 0 Å². The van der Waals surface area contributed by atoms with Gasteiger partial charge in [0.2, 0.25) is 0 Å². The molecule has 0 radical (unpaired) electrons. The molecule has 8 heteroatoms. The lowest BCUT2D eigenvalue weighted by Gasteiger charge is -2.08. The molecule has 2 amide bonds. The van der Waals surface area contributed by atoms with E-state index in [0.29, 0.717) is 15.7 Å². The van der Waals surface area contributed by atoms with Crippen LogP contribution in [0, 0.1) is 0 Å². The van der Waals surface area contributed by atoms with Crippen LogP contribution in [0.25, 0.3) is 0 Å². The average Bonchev–Trinajstić information content (AvgIpc) is 2.67. The lowest BCUT2D eigenvalue weighted by molar-refractivity contribution is -0.136. The van der Waals surface area contributed by atoms with Crippen LogP contribution in [0.2, 0.25) is 0 Å². The van der Waals surface area contributed by atoms with E-state index in [0.717, 1.165) is 5.56 Å². The fourth-order valence-corrected chi connectivity index (χ4v) is 2.66. The van der Waals surface area contributed by atoms with E-state index in [9.17, 15) is 14.4 Å². The lowest BCUT2D eigenvalue weighted by Crippen LogP contribution is -2.35. The van der Waals surface area contributed by atoms with Crippen molar-refractivity contribution in [2.45, 2.75) is 12.8 Å². The van der Waals surface area contributed by atoms with Gasteiger partial charge in [0.1, 0.15) is 0 Å². The van der Waals surface area contributed by atoms with Gasteiger partial charge in [-0.2, -0.15) is 5.10 Å². The third-order valence-electron chi connectivity index (χ3n) is 3.53. The highest BCUT2D eigenvalue weighted by atomic mass is 79.9. The second-order valence-electron chi connectivity index (χ2n) is 5.52. The van der Waals surface area contributed by atoms with Gasteiger partial charge >= 0.3 is 5.97 Å². The smallest absolute Gasteiger partial charge is 0.303 e. The van der Waals surface area contributed by atoms with Crippen molar-refractivity contribution in [3.8, 4) is 0 Å². The Labute approximate surface area is 164 Å². The molecule has 0 aliphatic carbocycles. The normalized spacial score (nSPS) is 10.9. The van der Waals surface area contributed by atoms with Crippen molar-refractivity contribution in [3.63, 3.8) is 0 Å². The first-order valence-corrected chi connectivity index (χ1v) is 8.92. The Morgan fingerprint density at radius 2 is 1.63 bits per heavy atom. The summed E-state index contributed by atoms with van der Waals surface area (Å²) in [5.74, 6) is -1.86. The zero-order valence-corrected chi connectivity index (χ0v) is 15.9. The first-order valence-electron chi connectivity index (χ1n) is 8.12. The highest BCUT2D eigenvalue weighted by Crippen LogP contribution is 2.15. The molecule has 2 aromatic rings. The van der Waals surface area contributed by atoms with Gasteiger partial charge in [-0.25, -0.2) is 5.43 Å². The minimum Gasteiger partial charge on any atom is -0.481 e. The number of carbonyl (C=O) groups excluding carboxylic acids is 2. The van der Waals surface area contributed by atoms with E-state index in [1.807, 2.05) is 6.07 Å². The SMILES string of the molecule is O=C(O)CCC(=NNC(=O)CNC(=O)c1ccccc1Br)c1ccccc1. The van der Waals surface area contributed by atoms with Crippen LogP contribution >= 0.6 is 15.9 Å². The number of amides is 2. The molecule has 27 heavy (non-hydrogen) atoms. The summed E-state index contributed by atoms with van der Waals surface area (Å²) in [5, 5.41) is 15.4. The van der Waals surface area contributed by atoms with E-state index in [-0.39, 0.29) is 19.4 Å². The third kappa shape index (κ3) is 6.67. The van der Waals surface area contributed by atoms with Gasteiger partial charge in [0.05, 0.1) is 24.2 Å². The van der Waals surface area contributed by atoms with Crippen LogP contribution in [-0.4, -0.2) is 35.1 Å². The molecule has 0 heterocycles. The summed E-state index contributed by atoms with van der Waals surface area (Å²) in [4.78, 5) is 34.9. The molecule has 0 atom stereocenters. The average molecular weight is 432 g/mol. The molecular weight excluding hydrogens is 414 g/mol. The number of rotatable bonds is 8. The van der Waals surface area contributed by atoms with Crippen molar-refractivity contribution in [1.82, 2.24) is 10.7 Å². The first-order chi connectivity index (χ1) is 13.0. The number of hydrogen-bond acceptors (Lipinski definition) is 4. The number of carboxylic acid groups (broad SMARTS) is 1. The van der Waals surface area contributed by atoms with Crippen LogP contribution in [0.3, 0.4) is 0 Å². The molecule has 0 fully saturated rings. The Kier molecular flexibility index (Phi) is 7.69. The summed E-state index contributed by atoms with van der Waals surface area (Å²) in [5.41, 5.74) is 3.94. The van der Waals surface area contributed by atoms with E-state index >= 15 is 0 Å². The van der Waals surface area contributed by atoms with E-state index in [4.69, 9.17) is 5.11 Å². The molecule has 0 aliphatic rings. The van der Waals surface area contributed by atoms with Crippen LogP contribution in [-0.2, 0) is 9.59 Å². The Balaban J connectivity index is 1.96. The molecule has 0 bridgehead atoms. The van der Waals surface area contributed by atoms with Crippen LogP contribution in [0.5, 0.6) is 0 Å². The molecule has 0 aromatic heterocycles. The summed E-state index contributed by atoms with van der Waals surface area (Å²) in [6.45, 7) is -0.259.